The maximum Gasteiger partial charge on any atom is 0.0853 e. The molecule has 1 heterocycles. The van der Waals surface area contributed by atoms with Gasteiger partial charge in [-0.05, 0) is 29.7 Å². The fourth-order valence-corrected chi connectivity index (χ4v) is 4.12. The predicted octanol–water partition coefficient (Wildman–Crippen LogP) is 5.31. The summed E-state index contributed by atoms with van der Waals surface area (Å²) >= 11 is 0. The minimum Gasteiger partial charge on any atom is -0.374 e. The third kappa shape index (κ3) is 6.27. The quantitative estimate of drug-likeness (QED) is 0.459. The van der Waals surface area contributed by atoms with E-state index in [1.807, 2.05) is 12.1 Å². The van der Waals surface area contributed by atoms with Crippen LogP contribution in [0.1, 0.15) is 23.1 Å². The van der Waals surface area contributed by atoms with Crippen molar-refractivity contribution in [3.05, 3.63) is 108 Å². The highest BCUT2D eigenvalue weighted by atomic mass is 16.5. The summed E-state index contributed by atoms with van der Waals surface area (Å²) in [6, 6.07) is 31.5. The molecule has 1 aliphatic heterocycles. The van der Waals surface area contributed by atoms with Crippen LogP contribution in [0.5, 0.6) is 0 Å². The summed E-state index contributed by atoms with van der Waals surface area (Å²) in [4.78, 5) is 2.54. The summed E-state index contributed by atoms with van der Waals surface area (Å²) in [5, 5.41) is 0. The van der Waals surface area contributed by atoms with Crippen LogP contribution < -0.4 is 0 Å². The second-order valence-electron chi connectivity index (χ2n) is 8.11. The monoisotopic (exact) mass is 401 g/mol. The summed E-state index contributed by atoms with van der Waals surface area (Å²) < 4.78 is 12.5. The molecule has 0 aromatic heterocycles. The molecule has 3 heteroatoms. The fourth-order valence-electron chi connectivity index (χ4n) is 4.12. The summed E-state index contributed by atoms with van der Waals surface area (Å²) in [5.41, 5.74) is 3.79. The molecule has 0 saturated carbocycles. The molecule has 0 spiro atoms. The van der Waals surface area contributed by atoms with E-state index in [9.17, 15) is 0 Å². The Hall–Kier alpha value is -2.46. The first-order chi connectivity index (χ1) is 14.9. The SMILES string of the molecule is c1ccc(COC[C@H](OCc2ccccc2)[C@@H]2CCN(Cc3ccccc3)C2)cc1. The van der Waals surface area contributed by atoms with Crippen molar-refractivity contribution in [1.82, 2.24) is 4.90 Å². The highest BCUT2D eigenvalue weighted by molar-refractivity contribution is 5.15. The Morgan fingerprint density at radius 1 is 0.733 bits per heavy atom. The van der Waals surface area contributed by atoms with E-state index in [1.54, 1.807) is 0 Å². The van der Waals surface area contributed by atoms with E-state index in [1.165, 1.54) is 16.7 Å². The minimum atomic E-state index is 0.106. The largest absolute Gasteiger partial charge is 0.374 e. The first kappa shape index (κ1) is 20.8. The fraction of sp³-hybridized carbons (Fsp3) is 0.333. The smallest absolute Gasteiger partial charge is 0.0853 e. The summed E-state index contributed by atoms with van der Waals surface area (Å²) in [6.07, 6.45) is 1.26. The summed E-state index contributed by atoms with van der Waals surface area (Å²) in [6.45, 7) is 5.08. The van der Waals surface area contributed by atoms with Gasteiger partial charge in [-0.15, -0.1) is 0 Å². The molecule has 0 bridgehead atoms. The van der Waals surface area contributed by atoms with Crippen LogP contribution in [0.4, 0.5) is 0 Å². The van der Waals surface area contributed by atoms with Crippen LogP contribution in [0, 0.1) is 5.92 Å². The van der Waals surface area contributed by atoms with E-state index < -0.39 is 0 Å². The van der Waals surface area contributed by atoms with Crippen molar-refractivity contribution in [3.63, 3.8) is 0 Å². The molecule has 3 aromatic carbocycles. The molecule has 2 atom stereocenters. The molecule has 1 aliphatic rings. The van der Waals surface area contributed by atoms with Crippen LogP contribution in [0.15, 0.2) is 91.0 Å². The van der Waals surface area contributed by atoms with E-state index in [4.69, 9.17) is 9.47 Å². The first-order valence-electron chi connectivity index (χ1n) is 10.9. The topological polar surface area (TPSA) is 21.7 Å². The normalized spacial score (nSPS) is 17.8. The number of hydrogen-bond donors (Lipinski definition) is 0. The Kier molecular flexibility index (Phi) is 7.68. The van der Waals surface area contributed by atoms with Gasteiger partial charge in [0.05, 0.1) is 25.9 Å². The van der Waals surface area contributed by atoms with Gasteiger partial charge in [0.2, 0.25) is 0 Å². The van der Waals surface area contributed by atoms with Crippen LogP contribution in [0.3, 0.4) is 0 Å². The zero-order valence-corrected chi connectivity index (χ0v) is 17.5. The molecule has 0 radical (unpaired) electrons. The summed E-state index contributed by atoms with van der Waals surface area (Å²) in [5.74, 6) is 0.494. The Balaban J connectivity index is 1.33. The molecule has 1 saturated heterocycles. The van der Waals surface area contributed by atoms with Crippen LogP contribution in [-0.4, -0.2) is 30.7 Å². The zero-order chi connectivity index (χ0) is 20.4. The lowest BCUT2D eigenvalue weighted by Crippen LogP contribution is -2.31. The van der Waals surface area contributed by atoms with Gasteiger partial charge in [0.15, 0.2) is 0 Å². The first-order valence-corrected chi connectivity index (χ1v) is 10.9. The van der Waals surface area contributed by atoms with Gasteiger partial charge in [0, 0.05) is 19.0 Å². The Morgan fingerprint density at radius 3 is 1.93 bits per heavy atom. The van der Waals surface area contributed by atoms with E-state index in [0.717, 1.165) is 26.1 Å². The van der Waals surface area contributed by atoms with Crippen molar-refractivity contribution in [2.75, 3.05) is 19.7 Å². The predicted molar refractivity (Wildman–Crippen MR) is 121 cm³/mol. The Bertz CT molecular complexity index is 854. The van der Waals surface area contributed by atoms with Crippen molar-refractivity contribution in [3.8, 4) is 0 Å². The lowest BCUT2D eigenvalue weighted by Gasteiger charge is -2.25. The van der Waals surface area contributed by atoms with E-state index in [2.05, 4.69) is 83.8 Å². The van der Waals surface area contributed by atoms with Crippen molar-refractivity contribution in [1.29, 1.82) is 0 Å². The van der Waals surface area contributed by atoms with Gasteiger partial charge in [-0.3, -0.25) is 4.90 Å². The van der Waals surface area contributed by atoms with Gasteiger partial charge >= 0.3 is 0 Å². The molecule has 1 fully saturated rings. The van der Waals surface area contributed by atoms with Gasteiger partial charge < -0.3 is 9.47 Å². The molecule has 30 heavy (non-hydrogen) atoms. The van der Waals surface area contributed by atoms with Gasteiger partial charge in [0.25, 0.3) is 0 Å². The number of ether oxygens (including phenoxy) is 2. The number of hydrogen-bond acceptors (Lipinski definition) is 3. The third-order valence-electron chi connectivity index (χ3n) is 5.78. The Labute approximate surface area is 180 Å². The van der Waals surface area contributed by atoms with Gasteiger partial charge in [0.1, 0.15) is 0 Å². The number of benzene rings is 3. The molecule has 0 amide bonds. The van der Waals surface area contributed by atoms with Gasteiger partial charge in [-0.1, -0.05) is 91.0 Å². The van der Waals surface area contributed by atoms with E-state index in [0.29, 0.717) is 25.7 Å². The van der Waals surface area contributed by atoms with E-state index in [-0.39, 0.29) is 6.10 Å². The lowest BCUT2D eigenvalue weighted by atomic mass is 10.0. The van der Waals surface area contributed by atoms with Crippen LogP contribution >= 0.6 is 0 Å². The zero-order valence-electron chi connectivity index (χ0n) is 17.5. The van der Waals surface area contributed by atoms with Crippen LogP contribution in [0.2, 0.25) is 0 Å². The standard InChI is InChI=1S/C27H31NO2/c1-4-10-23(11-5-1)18-28-17-16-26(19-28)27(30-21-25-14-8-3-9-15-25)22-29-20-24-12-6-2-7-13-24/h1-15,26-27H,16-22H2/t26-,27+/m1/s1. The van der Waals surface area contributed by atoms with Gasteiger partial charge in [-0.2, -0.15) is 0 Å². The van der Waals surface area contributed by atoms with Crippen molar-refractivity contribution >= 4 is 0 Å². The average Bonchev–Trinajstić information content (AvgIpc) is 3.26. The molecule has 0 N–H and O–H groups in total. The molecule has 3 nitrogen and oxygen atoms in total. The molecular weight excluding hydrogens is 370 g/mol. The van der Waals surface area contributed by atoms with Crippen molar-refractivity contribution in [2.24, 2.45) is 5.92 Å². The van der Waals surface area contributed by atoms with Crippen LogP contribution in [0.25, 0.3) is 0 Å². The number of nitrogens with zero attached hydrogens (tertiary/aromatic N) is 1. The number of rotatable bonds is 10. The highest BCUT2D eigenvalue weighted by Gasteiger charge is 2.30. The second-order valence-corrected chi connectivity index (χ2v) is 8.11. The molecule has 0 unspecified atom stereocenters. The highest BCUT2D eigenvalue weighted by Crippen LogP contribution is 2.25. The maximum atomic E-state index is 6.40. The van der Waals surface area contributed by atoms with Crippen LogP contribution in [-0.2, 0) is 29.2 Å². The molecular formula is C27H31NO2. The van der Waals surface area contributed by atoms with Crippen molar-refractivity contribution < 1.29 is 9.47 Å². The molecule has 4 rings (SSSR count). The lowest BCUT2D eigenvalue weighted by molar-refractivity contribution is -0.0564. The second kappa shape index (κ2) is 11.1. The maximum absolute atomic E-state index is 6.40. The van der Waals surface area contributed by atoms with Crippen molar-refractivity contribution in [2.45, 2.75) is 32.3 Å². The van der Waals surface area contributed by atoms with Gasteiger partial charge in [-0.25, -0.2) is 0 Å². The van der Waals surface area contributed by atoms with E-state index >= 15 is 0 Å². The third-order valence-corrected chi connectivity index (χ3v) is 5.78. The molecule has 3 aromatic rings. The number of likely N-dealkylation sites (tertiary alicyclic amines) is 1. The molecule has 0 aliphatic carbocycles. The molecule has 156 valence electrons. The Morgan fingerprint density at radius 2 is 1.30 bits per heavy atom. The average molecular weight is 402 g/mol. The minimum absolute atomic E-state index is 0.106. The summed E-state index contributed by atoms with van der Waals surface area (Å²) in [7, 11) is 0.